The second-order valence-corrected chi connectivity index (χ2v) is 0. The van der Waals surface area contributed by atoms with Gasteiger partial charge in [0.25, 0.3) is 0 Å². The van der Waals surface area contributed by atoms with Crippen molar-refractivity contribution in [1.82, 2.24) is 0 Å². The Bertz CT molecular complexity index is 6.00. The van der Waals surface area contributed by atoms with Crippen LogP contribution < -0.4 is 0 Å². The maximum atomic E-state index is 0. The third-order valence-electron chi connectivity index (χ3n) is 0. The van der Waals surface area contributed by atoms with Crippen molar-refractivity contribution in [2.24, 2.45) is 0 Å². The fourth-order valence-electron chi connectivity index (χ4n) is 0. The summed E-state index contributed by atoms with van der Waals surface area (Å²) in [5, 5.41) is 0. The van der Waals surface area contributed by atoms with E-state index in [1.54, 1.807) is 0 Å². The molecule has 0 aromatic heterocycles. The van der Waals surface area contributed by atoms with Crippen LogP contribution in [0.15, 0.2) is 0 Å². The van der Waals surface area contributed by atoms with Gasteiger partial charge in [-0.15, -0.1) is 0 Å². The third kappa shape index (κ3) is 8.86. The molecule has 0 aliphatic rings. The zero-order valence-corrected chi connectivity index (χ0v) is 1.00. The van der Waals surface area contributed by atoms with Crippen LogP contribution in [0.2, 0.25) is 0 Å². The molecule has 0 rings (SSSR count). The molecule has 2 nitrogen and oxygen atoms in total. The zero-order chi connectivity index (χ0) is 0. The number of hydrogen-bond donors (Lipinski definition) is 0. The summed E-state index contributed by atoms with van der Waals surface area (Å²) in [5.41, 5.74) is 0. The van der Waals surface area contributed by atoms with Crippen molar-refractivity contribution in [3.63, 3.8) is 0 Å². The summed E-state index contributed by atoms with van der Waals surface area (Å²) in [6.45, 7) is 0. The first-order valence-electron chi connectivity index (χ1n) is 0. The van der Waals surface area contributed by atoms with Crippen LogP contribution in [0, 0.1) is 0 Å². The standard InChI is InChI=1S/Ba.Mg.2H2O.4H/h;;2*1H2;;;;. The van der Waals surface area contributed by atoms with E-state index >= 15 is 0 Å². The quantitative estimate of drug-likeness (QED) is 0.366. The first-order valence-corrected chi connectivity index (χ1v) is 0. The van der Waals surface area contributed by atoms with Gasteiger partial charge in [-0.1, -0.05) is 0 Å². The van der Waals surface area contributed by atoms with E-state index in [4.69, 9.17) is 0 Å². The molecule has 4 heteroatoms. The van der Waals surface area contributed by atoms with Crippen LogP contribution in [-0.4, -0.2) is 82.9 Å². The van der Waals surface area contributed by atoms with Crippen molar-refractivity contribution < 1.29 is 11.0 Å². The minimum Gasteiger partial charge on any atom is 0.316 e. The molecule has 4 heavy (non-hydrogen) atoms. The van der Waals surface area contributed by atoms with Gasteiger partial charge in [-0.05, 0) is 0 Å². The Morgan fingerprint density at radius 2 is 0.750 bits per heavy atom. The molecular formula is H8BaMgO2. The molecule has 0 bridgehead atoms. The Hall–Kier alpha value is 2.26. The summed E-state index contributed by atoms with van der Waals surface area (Å²) in [4.78, 5) is 0. The molecule has 0 aliphatic carbocycles. The van der Waals surface area contributed by atoms with Gasteiger partial charge in [0.15, 0.2) is 0 Å². The van der Waals surface area contributed by atoms with Crippen LogP contribution >= 0.6 is 0 Å². The molecule has 0 spiro atoms. The van der Waals surface area contributed by atoms with Gasteiger partial charge in [-0.25, -0.2) is 0 Å². The van der Waals surface area contributed by atoms with Gasteiger partial charge >= 0.3 is 71.9 Å². The Morgan fingerprint density at radius 3 is 0.750 bits per heavy atom. The van der Waals surface area contributed by atoms with E-state index in [1.807, 2.05) is 0 Å². The van der Waals surface area contributed by atoms with E-state index in [-0.39, 0.29) is 82.9 Å². The van der Waals surface area contributed by atoms with Crippen LogP contribution in [0.3, 0.4) is 0 Å². The van der Waals surface area contributed by atoms with E-state index in [1.165, 1.54) is 0 Å². The summed E-state index contributed by atoms with van der Waals surface area (Å²) in [6.07, 6.45) is 0. The minimum absolute atomic E-state index is 0. The maximum absolute atomic E-state index is 0. The van der Waals surface area contributed by atoms with Crippen LogP contribution in [0.1, 0.15) is 0 Å². The molecule has 24 valence electrons. The summed E-state index contributed by atoms with van der Waals surface area (Å²) in [6, 6.07) is 0. The van der Waals surface area contributed by atoms with Crippen molar-refractivity contribution in [2.75, 3.05) is 0 Å². The second kappa shape index (κ2) is 18.7. The van der Waals surface area contributed by atoms with Gasteiger partial charge in [0.1, 0.15) is 0 Å². The monoisotopic (exact) mass is 202 g/mol. The number of rotatable bonds is 0. The largest absolute Gasteiger partial charge is 0.316 e. The zero-order valence-electron chi connectivity index (χ0n) is 1.00. The first kappa shape index (κ1) is 33.9. The smallest absolute Gasteiger partial charge is 0.316 e. The van der Waals surface area contributed by atoms with E-state index in [2.05, 4.69) is 0 Å². The van der Waals surface area contributed by atoms with Gasteiger partial charge in [-0.2, -0.15) is 0 Å². The van der Waals surface area contributed by atoms with Crippen LogP contribution in [0.4, 0.5) is 0 Å². The SMILES string of the molecule is O.O.[BaH2].[MgH2]. The van der Waals surface area contributed by atoms with Gasteiger partial charge in [0, 0.05) is 0 Å². The average molecular weight is 202 g/mol. The van der Waals surface area contributed by atoms with E-state index in [0.717, 1.165) is 0 Å². The molecule has 0 heterocycles. The van der Waals surface area contributed by atoms with Crippen molar-refractivity contribution >= 4 is 71.9 Å². The van der Waals surface area contributed by atoms with Gasteiger partial charge in [0.2, 0.25) is 0 Å². The summed E-state index contributed by atoms with van der Waals surface area (Å²) < 4.78 is 0. The molecule has 0 atom stereocenters. The van der Waals surface area contributed by atoms with Crippen molar-refractivity contribution in [3.05, 3.63) is 0 Å². The second-order valence-electron chi connectivity index (χ2n) is 0. The Morgan fingerprint density at radius 1 is 0.750 bits per heavy atom. The van der Waals surface area contributed by atoms with Gasteiger partial charge < -0.3 is 11.0 Å². The Labute approximate surface area is 81.2 Å². The molecule has 0 saturated carbocycles. The fourth-order valence-corrected chi connectivity index (χ4v) is 0. The normalized spacial score (nSPS) is 0. The van der Waals surface area contributed by atoms with Crippen molar-refractivity contribution in [3.8, 4) is 0 Å². The molecule has 0 aromatic rings. The molecule has 0 aliphatic heterocycles. The van der Waals surface area contributed by atoms with E-state index < -0.39 is 0 Å². The molecular weight excluding hydrogens is 194 g/mol. The predicted molar refractivity (Wildman–Crippen MR) is 24.3 cm³/mol. The van der Waals surface area contributed by atoms with Crippen LogP contribution in [-0.2, 0) is 0 Å². The third-order valence-corrected chi connectivity index (χ3v) is 0. The minimum atomic E-state index is 0. The van der Waals surface area contributed by atoms with Crippen LogP contribution in [0.5, 0.6) is 0 Å². The molecule has 0 unspecified atom stereocenters. The first-order chi connectivity index (χ1) is 0. The van der Waals surface area contributed by atoms with Gasteiger partial charge in [-0.3, -0.25) is 0 Å². The van der Waals surface area contributed by atoms with Crippen LogP contribution in [0.25, 0.3) is 0 Å². The molecule has 0 fully saturated rings. The Kier molecular flexibility index (Phi) is 159. The van der Waals surface area contributed by atoms with E-state index in [0.29, 0.717) is 0 Å². The summed E-state index contributed by atoms with van der Waals surface area (Å²) >= 11 is 0. The van der Waals surface area contributed by atoms with Gasteiger partial charge in [0.05, 0.1) is 0 Å². The van der Waals surface area contributed by atoms with E-state index in [9.17, 15) is 0 Å². The maximum Gasteiger partial charge on any atom is 0.316 e. The average Bonchev–Trinajstić information content (AvgIpc) is 0. The molecule has 0 amide bonds. The summed E-state index contributed by atoms with van der Waals surface area (Å²) in [5.74, 6) is 0. The Balaban J connectivity index is 0. The molecule has 0 radical (unpaired) electrons. The molecule has 0 saturated heterocycles. The fraction of sp³-hybridized carbons (Fsp3) is 0. The molecule has 0 aromatic carbocycles. The summed E-state index contributed by atoms with van der Waals surface area (Å²) in [7, 11) is 0. The topological polar surface area (TPSA) is 63.0 Å². The van der Waals surface area contributed by atoms with Crippen molar-refractivity contribution in [1.29, 1.82) is 0 Å². The van der Waals surface area contributed by atoms with Crippen molar-refractivity contribution in [2.45, 2.75) is 0 Å². The molecule has 4 N–H and O–H groups in total. The number of hydrogen-bond acceptors (Lipinski definition) is 0. The predicted octanol–water partition coefficient (Wildman–Crippen LogP) is -3.48.